The number of fused-ring (bicyclic) bond motifs is 7. The Morgan fingerprint density at radius 3 is 1.61 bits per heavy atom. The smallest absolute Gasteiger partial charge is 0.338 e. The van der Waals surface area contributed by atoms with Crippen LogP contribution in [0.4, 0.5) is 0 Å². The van der Waals surface area contributed by atoms with Crippen molar-refractivity contribution < 1.29 is 57.1 Å². The van der Waals surface area contributed by atoms with E-state index in [4.69, 9.17) is 33.2 Å². The highest BCUT2D eigenvalue weighted by atomic mass is 16.7. The number of allylic oxidation sites excluding steroid dienone is 2. The molecular formula is C65H76O12. The van der Waals surface area contributed by atoms with Gasteiger partial charge in [0.1, 0.15) is 12.7 Å². The van der Waals surface area contributed by atoms with E-state index in [9.17, 15) is 24.0 Å². The number of methoxy groups -OCH3 is 1. The topological polar surface area (TPSA) is 150 Å². The molecule has 5 aliphatic carbocycles. The molecule has 0 amide bonds. The highest BCUT2D eigenvalue weighted by Gasteiger charge is 2.70. The first-order valence-corrected chi connectivity index (χ1v) is 27.8. The Balaban J connectivity index is 1.00. The Bertz CT molecular complexity index is 2850. The molecule has 408 valence electrons. The van der Waals surface area contributed by atoms with Crippen LogP contribution in [0.3, 0.4) is 0 Å². The quantitative estimate of drug-likeness (QED) is 0.0575. The van der Waals surface area contributed by atoms with Crippen LogP contribution in [0.15, 0.2) is 133 Å². The van der Waals surface area contributed by atoms with Crippen LogP contribution in [-0.2, 0) is 38.0 Å². The molecule has 4 aromatic carbocycles. The number of carbonyl (C=O) groups is 5. The van der Waals surface area contributed by atoms with Crippen LogP contribution in [0, 0.1) is 50.2 Å². The van der Waals surface area contributed by atoms with E-state index in [2.05, 4.69) is 54.5 Å². The van der Waals surface area contributed by atoms with Crippen LogP contribution in [0.1, 0.15) is 154 Å². The molecule has 0 aromatic heterocycles. The maximum absolute atomic E-state index is 14.4. The van der Waals surface area contributed by atoms with Gasteiger partial charge in [-0.1, -0.05) is 133 Å². The van der Waals surface area contributed by atoms with Crippen LogP contribution in [0.5, 0.6) is 0 Å². The summed E-state index contributed by atoms with van der Waals surface area (Å²) in [5, 5.41) is 0. The highest BCUT2D eigenvalue weighted by Crippen LogP contribution is 2.76. The summed E-state index contributed by atoms with van der Waals surface area (Å²) in [6, 6.07) is 33.7. The van der Waals surface area contributed by atoms with Crippen LogP contribution < -0.4 is 0 Å². The van der Waals surface area contributed by atoms with E-state index in [1.54, 1.807) is 128 Å². The Morgan fingerprint density at radius 1 is 0.558 bits per heavy atom. The first-order chi connectivity index (χ1) is 36.7. The van der Waals surface area contributed by atoms with Crippen molar-refractivity contribution in [2.24, 2.45) is 50.2 Å². The first kappa shape index (κ1) is 54.3. The molecule has 0 unspecified atom stereocenters. The second-order valence-electron chi connectivity index (χ2n) is 25.1. The molecule has 4 aromatic rings. The van der Waals surface area contributed by atoms with Gasteiger partial charge >= 0.3 is 29.8 Å². The Hall–Kier alpha value is -6.11. The van der Waals surface area contributed by atoms with Gasteiger partial charge in [-0.3, -0.25) is 4.79 Å². The predicted octanol–water partition coefficient (Wildman–Crippen LogP) is 12.6. The summed E-state index contributed by atoms with van der Waals surface area (Å²) >= 11 is 0. The van der Waals surface area contributed by atoms with Crippen molar-refractivity contribution in [2.45, 2.75) is 149 Å². The molecule has 13 atom stereocenters. The maximum Gasteiger partial charge on any atom is 0.338 e. The molecule has 1 saturated heterocycles. The summed E-state index contributed by atoms with van der Waals surface area (Å²) in [5.41, 5.74) is 1.33. The van der Waals surface area contributed by atoms with Gasteiger partial charge in [0, 0.05) is 0 Å². The van der Waals surface area contributed by atoms with E-state index in [0.29, 0.717) is 17.9 Å². The number of hydrogen-bond donors (Lipinski definition) is 0. The summed E-state index contributed by atoms with van der Waals surface area (Å²) in [7, 11) is 1.55. The van der Waals surface area contributed by atoms with Crippen molar-refractivity contribution in [3.63, 3.8) is 0 Å². The number of hydrogen-bond acceptors (Lipinski definition) is 12. The third kappa shape index (κ3) is 9.74. The van der Waals surface area contributed by atoms with E-state index >= 15 is 0 Å². The number of esters is 5. The average Bonchev–Trinajstić information content (AvgIpc) is 3.47. The Labute approximate surface area is 453 Å². The van der Waals surface area contributed by atoms with E-state index in [0.717, 1.165) is 57.8 Å². The molecule has 1 aliphatic heterocycles. The molecule has 12 heteroatoms. The molecule has 5 fully saturated rings. The summed E-state index contributed by atoms with van der Waals surface area (Å²) in [4.78, 5) is 70.5. The standard InChI is InChI=1S/C65H76O12/c1-60(2)35-37-65(59(70)71-8)38-36-63(6)45(46(65)39-60)29-30-49-62(5)33-32-50(61(3,4)48(62)31-34-64(49,63)7)74-58-53(77-57(69)44-27-19-12-20-28-44)52(76-56(68)43-25-17-11-18-26-43)51(75-55(67)42-23-15-10-16-24-42)47(73-58)40-72-54(66)41-21-13-9-14-22-41/h9-29,46-53,58H,30-40H2,1-8H3/t46-,47+,48-,49+,50-,51+,52-,53+,58-,62-,63+,64+,65-/m0/s1. The Kier molecular flexibility index (Phi) is 14.7. The summed E-state index contributed by atoms with van der Waals surface area (Å²) < 4.78 is 45.1. The fraction of sp³-hybridized carbons (Fsp3) is 0.523. The second-order valence-corrected chi connectivity index (χ2v) is 25.1. The molecule has 1 heterocycles. The van der Waals surface area contributed by atoms with Crippen molar-refractivity contribution >= 4 is 29.8 Å². The number of ether oxygens (including phenoxy) is 7. The van der Waals surface area contributed by atoms with E-state index < -0.39 is 78.1 Å². The zero-order chi connectivity index (χ0) is 54.5. The molecular weight excluding hydrogens is 973 g/mol. The molecule has 0 bridgehead atoms. The van der Waals surface area contributed by atoms with Crippen molar-refractivity contribution in [1.29, 1.82) is 0 Å². The van der Waals surface area contributed by atoms with Gasteiger partial charge in [0.15, 0.2) is 24.6 Å². The molecule has 0 N–H and O–H groups in total. The maximum atomic E-state index is 14.4. The van der Waals surface area contributed by atoms with E-state index in [1.807, 2.05) is 0 Å². The summed E-state index contributed by atoms with van der Waals surface area (Å²) in [5.74, 6) is -2.28. The highest BCUT2D eigenvalue weighted by molar-refractivity contribution is 5.91. The zero-order valence-electron chi connectivity index (χ0n) is 46.0. The lowest BCUT2D eigenvalue weighted by Crippen LogP contribution is -2.66. The van der Waals surface area contributed by atoms with Crippen LogP contribution in [-0.4, -0.2) is 80.4 Å². The third-order valence-electron chi connectivity index (χ3n) is 20.2. The van der Waals surface area contributed by atoms with Gasteiger partial charge in [-0.25, -0.2) is 19.2 Å². The predicted molar refractivity (Wildman–Crippen MR) is 288 cm³/mol. The van der Waals surface area contributed by atoms with Crippen molar-refractivity contribution in [1.82, 2.24) is 0 Å². The van der Waals surface area contributed by atoms with E-state index in [-0.39, 0.29) is 56.2 Å². The minimum absolute atomic E-state index is 0.0361. The fourth-order valence-corrected chi connectivity index (χ4v) is 15.8. The largest absolute Gasteiger partial charge is 0.469 e. The SMILES string of the molecule is COC(=O)[C@]12CCC(C)(C)C[C@H]1C1=CC[C@@H]3[C@@]4(C)CC[C@H](O[C@@H]5O[C@H](COC(=O)c6ccccc6)[C@@H](OC(=O)c6ccccc6)[C@H](OC(=O)c6ccccc6)[C@H]5OC(=O)c5ccccc5)C(C)(C)[C@@H]4CC[C@@]3(C)[C@]1(C)CC2. The molecule has 4 saturated carbocycles. The van der Waals surface area contributed by atoms with Gasteiger partial charge in [-0.05, 0) is 158 Å². The molecule has 77 heavy (non-hydrogen) atoms. The molecule has 0 spiro atoms. The average molecular weight is 1050 g/mol. The number of benzene rings is 4. The monoisotopic (exact) mass is 1050 g/mol. The van der Waals surface area contributed by atoms with Gasteiger partial charge in [-0.2, -0.15) is 0 Å². The first-order valence-electron chi connectivity index (χ1n) is 27.8. The molecule has 0 radical (unpaired) electrons. The van der Waals surface area contributed by atoms with Gasteiger partial charge in [0.25, 0.3) is 0 Å². The van der Waals surface area contributed by atoms with Crippen LogP contribution in [0.2, 0.25) is 0 Å². The van der Waals surface area contributed by atoms with Crippen LogP contribution >= 0.6 is 0 Å². The van der Waals surface area contributed by atoms with Gasteiger partial charge in [0.05, 0.1) is 40.9 Å². The third-order valence-corrected chi connectivity index (χ3v) is 20.2. The summed E-state index contributed by atoms with van der Waals surface area (Å²) in [6.07, 6.45) is 3.88. The minimum Gasteiger partial charge on any atom is -0.469 e. The molecule has 6 aliphatic rings. The summed E-state index contributed by atoms with van der Waals surface area (Å²) in [6.45, 7) is 16.4. The number of rotatable bonds is 12. The second kappa shape index (κ2) is 20.9. The minimum atomic E-state index is -1.53. The Morgan fingerprint density at radius 2 is 1.06 bits per heavy atom. The van der Waals surface area contributed by atoms with Gasteiger partial charge in [0.2, 0.25) is 0 Å². The van der Waals surface area contributed by atoms with Gasteiger partial charge < -0.3 is 33.2 Å². The molecule has 12 nitrogen and oxygen atoms in total. The fourth-order valence-electron chi connectivity index (χ4n) is 15.8. The lowest BCUT2D eigenvalue weighted by atomic mass is 9.33. The van der Waals surface area contributed by atoms with E-state index in [1.165, 1.54) is 5.57 Å². The number of carbonyl (C=O) groups excluding carboxylic acids is 5. The van der Waals surface area contributed by atoms with Crippen molar-refractivity contribution in [2.75, 3.05) is 13.7 Å². The molecule has 10 rings (SSSR count). The van der Waals surface area contributed by atoms with Crippen molar-refractivity contribution in [3.8, 4) is 0 Å². The van der Waals surface area contributed by atoms with Crippen molar-refractivity contribution in [3.05, 3.63) is 155 Å². The zero-order valence-corrected chi connectivity index (χ0v) is 46.0. The lowest BCUT2D eigenvalue weighted by molar-refractivity contribution is -0.327. The van der Waals surface area contributed by atoms with Gasteiger partial charge in [-0.15, -0.1) is 0 Å². The lowest BCUT2D eigenvalue weighted by Gasteiger charge is -2.71. The normalized spacial score (nSPS) is 34.6. The van der Waals surface area contributed by atoms with Crippen LogP contribution in [0.25, 0.3) is 0 Å².